The van der Waals surface area contributed by atoms with Crippen molar-refractivity contribution in [3.05, 3.63) is 157 Å². The molecular formula is C54H46O10. The van der Waals surface area contributed by atoms with Gasteiger partial charge in [0.15, 0.2) is 13.6 Å². The molecule has 2 saturated heterocycles. The van der Waals surface area contributed by atoms with Gasteiger partial charge in [-0.05, 0) is 104 Å². The van der Waals surface area contributed by atoms with E-state index in [0.29, 0.717) is 84.9 Å². The highest BCUT2D eigenvalue weighted by atomic mass is 16.7. The Morgan fingerprint density at radius 1 is 0.469 bits per heavy atom. The summed E-state index contributed by atoms with van der Waals surface area (Å²) in [6.07, 6.45) is 0. The van der Waals surface area contributed by atoms with E-state index in [1.165, 1.54) is 0 Å². The molecular weight excluding hydrogens is 809 g/mol. The smallest absolute Gasteiger partial charge is 0.343 e. The molecule has 0 unspecified atom stereocenters. The van der Waals surface area contributed by atoms with Crippen LogP contribution in [-0.2, 0) is 18.9 Å². The molecule has 0 atom stereocenters. The molecule has 2 fully saturated rings. The molecule has 0 bridgehead atoms. The molecule has 8 aromatic carbocycles. The minimum absolute atomic E-state index is 0.0396. The summed E-state index contributed by atoms with van der Waals surface area (Å²) in [6.45, 7) is 8.40. The summed E-state index contributed by atoms with van der Waals surface area (Å²) in [5.74, 6) is 0.909. The standard InChI is InChI=1S/C54H46O10/c1-53(27-57-28-53)31-59-33-61-43-19-15-37-23-41(13-11-39(37)25-43)51(55)63-47-21-17-35-7-3-5-9-45(35)49(47)50-46-10-6-4-8-36(46)18-22-48(50)64-52(56)42-14-12-40-26-44(20-16-38(40)24-42)62-34-60-32-54(2)29-58-30-54/h3-26H,27-34H2,1-2H3. The highest BCUT2D eigenvalue weighted by Gasteiger charge is 2.34. The number of esters is 2. The van der Waals surface area contributed by atoms with E-state index in [1.54, 1.807) is 36.4 Å². The molecule has 2 heterocycles. The van der Waals surface area contributed by atoms with Crippen LogP contribution in [0.25, 0.3) is 54.2 Å². The van der Waals surface area contributed by atoms with Crippen LogP contribution in [0.2, 0.25) is 0 Å². The Morgan fingerprint density at radius 2 is 0.859 bits per heavy atom. The fourth-order valence-corrected chi connectivity index (χ4v) is 8.25. The molecule has 10 nitrogen and oxygen atoms in total. The Kier molecular flexibility index (Phi) is 11.2. The maximum absolute atomic E-state index is 14.1. The van der Waals surface area contributed by atoms with Crippen molar-refractivity contribution in [2.75, 3.05) is 53.2 Å². The van der Waals surface area contributed by atoms with Gasteiger partial charge < -0.3 is 37.9 Å². The molecule has 0 saturated carbocycles. The summed E-state index contributed by atoms with van der Waals surface area (Å²) >= 11 is 0. The lowest BCUT2D eigenvalue weighted by atomic mass is 9.90. The maximum Gasteiger partial charge on any atom is 0.343 e. The second-order valence-electron chi connectivity index (χ2n) is 17.4. The lowest BCUT2D eigenvalue weighted by Gasteiger charge is -2.37. The Labute approximate surface area is 370 Å². The molecule has 0 aromatic heterocycles. The molecule has 0 radical (unpaired) electrons. The summed E-state index contributed by atoms with van der Waals surface area (Å²) in [5.41, 5.74) is 2.08. The van der Waals surface area contributed by atoms with Gasteiger partial charge in [0, 0.05) is 22.0 Å². The molecule has 10 rings (SSSR count). The van der Waals surface area contributed by atoms with Crippen molar-refractivity contribution in [1.29, 1.82) is 0 Å². The van der Waals surface area contributed by atoms with Gasteiger partial charge in [-0.15, -0.1) is 0 Å². The van der Waals surface area contributed by atoms with Crippen molar-refractivity contribution < 1.29 is 47.5 Å². The average molecular weight is 855 g/mol. The zero-order valence-electron chi connectivity index (χ0n) is 35.6. The summed E-state index contributed by atoms with van der Waals surface area (Å²) in [6, 6.07) is 45.4. The Bertz CT molecular complexity index is 2850. The van der Waals surface area contributed by atoms with Gasteiger partial charge in [-0.25, -0.2) is 9.59 Å². The number of carbonyl (C=O) groups excluding carboxylic acids is 2. The number of benzene rings is 8. The summed E-state index contributed by atoms with van der Waals surface area (Å²) in [7, 11) is 0. The summed E-state index contributed by atoms with van der Waals surface area (Å²) < 4.78 is 46.5. The van der Waals surface area contributed by atoms with E-state index in [9.17, 15) is 9.59 Å². The molecule has 8 aromatic rings. The van der Waals surface area contributed by atoms with E-state index >= 15 is 0 Å². The zero-order valence-corrected chi connectivity index (χ0v) is 35.6. The molecule has 64 heavy (non-hydrogen) atoms. The minimum atomic E-state index is -0.533. The van der Waals surface area contributed by atoms with Crippen molar-refractivity contribution in [3.8, 4) is 34.1 Å². The predicted octanol–water partition coefficient (Wildman–Crippen LogP) is 11.2. The van der Waals surface area contributed by atoms with Gasteiger partial charge in [0.2, 0.25) is 0 Å². The van der Waals surface area contributed by atoms with Gasteiger partial charge in [-0.2, -0.15) is 0 Å². The second-order valence-corrected chi connectivity index (χ2v) is 17.4. The fourth-order valence-electron chi connectivity index (χ4n) is 8.25. The van der Waals surface area contributed by atoms with Gasteiger partial charge in [0.25, 0.3) is 0 Å². The lowest BCUT2D eigenvalue weighted by Crippen LogP contribution is -2.43. The number of fused-ring (bicyclic) bond motifs is 4. The van der Waals surface area contributed by atoms with Gasteiger partial charge in [0.05, 0.1) is 50.8 Å². The predicted molar refractivity (Wildman–Crippen MR) is 245 cm³/mol. The number of hydrogen-bond acceptors (Lipinski definition) is 10. The summed E-state index contributed by atoms with van der Waals surface area (Å²) in [5, 5.41) is 7.00. The van der Waals surface area contributed by atoms with Crippen LogP contribution in [0, 0.1) is 10.8 Å². The van der Waals surface area contributed by atoms with Crippen molar-refractivity contribution in [2.24, 2.45) is 10.8 Å². The number of hydrogen-bond donors (Lipinski definition) is 0. The minimum Gasteiger partial charge on any atom is -0.468 e. The fraction of sp³-hybridized carbons (Fsp3) is 0.222. The van der Waals surface area contributed by atoms with E-state index in [-0.39, 0.29) is 24.4 Å². The Morgan fingerprint density at radius 3 is 1.28 bits per heavy atom. The van der Waals surface area contributed by atoms with Crippen LogP contribution >= 0.6 is 0 Å². The molecule has 10 heteroatoms. The summed E-state index contributed by atoms with van der Waals surface area (Å²) in [4.78, 5) is 28.2. The van der Waals surface area contributed by atoms with Crippen molar-refractivity contribution in [1.82, 2.24) is 0 Å². The van der Waals surface area contributed by atoms with E-state index in [4.69, 9.17) is 37.9 Å². The molecule has 0 amide bonds. The monoisotopic (exact) mass is 854 g/mol. The lowest BCUT2D eigenvalue weighted by molar-refractivity contribution is -0.151. The van der Waals surface area contributed by atoms with Crippen LogP contribution in [0.4, 0.5) is 0 Å². The van der Waals surface area contributed by atoms with Gasteiger partial charge in [-0.1, -0.05) is 98.8 Å². The highest BCUT2D eigenvalue weighted by molar-refractivity contribution is 6.11. The number of ether oxygens (including phenoxy) is 8. The van der Waals surface area contributed by atoms with Crippen LogP contribution in [-0.4, -0.2) is 65.2 Å². The average Bonchev–Trinajstić information content (AvgIpc) is 3.30. The van der Waals surface area contributed by atoms with Gasteiger partial charge >= 0.3 is 11.9 Å². The van der Waals surface area contributed by atoms with Crippen LogP contribution in [0.15, 0.2) is 146 Å². The van der Waals surface area contributed by atoms with E-state index in [2.05, 4.69) is 13.8 Å². The third-order valence-electron chi connectivity index (χ3n) is 11.9. The van der Waals surface area contributed by atoms with Crippen molar-refractivity contribution in [3.63, 3.8) is 0 Å². The van der Waals surface area contributed by atoms with Gasteiger partial charge in [-0.3, -0.25) is 0 Å². The van der Waals surface area contributed by atoms with Crippen molar-refractivity contribution >= 4 is 55.0 Å². The molecule has 322 valence electrons. The molecule has 0 N–H and O–H groups in total. The first-order valence-electron chi connectivity index (χ1n) is 21.3. The van der Waals surface area contributed by atoms with Crippen LogP contribution in [0.1, 0.15) is 34.6 Å². The number of carbonyl (C=O) groups is 2. The normalized spacial score (nSPS) is 15.1. The van der Waals surface area contributed by atoms with E-state index < -0.39 is 11.9 Å². The molecule has 0 spiro atoms. The Balaban J connectivity index is 0.914. The quantitative estimate of drug-likeness (QED) is 0.0428. The maximum atomic E-state index is 14.1. The first kappa shape index (κ1) is 41.2. The van der Waals surface area contributed by atoms with Crippen LogP contribution in [0.5, 0.6) is 23.0 Å². The largest absolute Gasteiger partial charge is 0.468 e. The van der Waals surface area contributed by atoms with Crippen molar-refractivity contribution in [2.45, 2.75) is 13.8 Å². The molecule has 2 aliphatic rings. The third kappa shape index (κ3) is 8.61. The third-order valence-corrected chi connectivity index (χ3v) is 11.9. The Hall–Kier alpha value is -6.82. The highest BCUT2D eigenvalue weighted by Crippen LogP contribution is 2.46. The first-order chi connectivity index (χ1) is 31.2. The van der Waals surface area contributed by atoms with E-state index in [0.717, 1.165) is 43.1 Å². The topological polar surface area (TPSA) is 108 Å². The first-order valence-corrected chi connectivity index (χ1v) is 21.3. The van der Waals surface area contributed by atoms with Crippen LogP contribution in [0.3, 0.4) is 0 Å². The molecule has 2 aliphatic heterocycles. The number of rotatable bonds is 15. The van der Waals surface area contributed by atoms with Crippen LogP contribution < -0.4 is 18.9 Å². The SMILES string of the molecule is CC1(COCOc2ccc3cc(C(=O)Oc4ccc5ccccc5c4-c4c(OC(=O)c5ccc6cc(OCOCC7(C)COC7)ccc6c5)ccc5ccccc45)ccc3c2)COC1. The molecule has 0 aliphatic carbocycles. The second kappa shape index (κ2) is 17.4. The van der Waals surface area contributed by atoms with E-state index in [1.807, 2.05) is 109 Å². The van der Waals surface area contributed by atoms with Gasteiger partial charge in [0.1, 0.15) is 23.0 Å². The zero-order chi connectivity index (χ0) is 43.7.